The summed E-state index contributed by atoms with van der Waals surface area (Å²) in [4.78, 5) is 25.2. The highest BCUT2D eigenvalue weighted by atomic mass is 16.5. The second kappa shape index (κ2) is 9.47. The number of hydrogen-bond donors (Lipinski definition) is 1. The average Bonchev–Trinajstić information content (AvgIpc) is 2.61. The highest BCUT2D eigenvalue weighted by molar-refractivity contribution is 5.79. The van der Waals surface area contributed by atoms with Gasteiger partial charge >= 0.3 is 5.97 Å². The molecule has 0 fully saturated rings. The molecule has 132 valence electrons. The van der Waals surface area contributed by atoms with Gasteiger partial charge in [-0.05, 0) is 29.7 Å². The number of aliphatic carboxylic acids is 1. The van der Waals surface area contributed by atoms with Crippen LogP contribution in [0.5, 0.6) is 5.75 Å². The Bertz CT molecular complexity index is 700. The summed E-state index contributed by atoms with van der Waals surface area (Å²) in [5, 5.41) is 8.83. The van der Waals surface area contributed by atoms with Gasteiger partial charge in [-0.1, -0.05) is 42.5 Å². The average molecular weight is 341 g/mol. The van der Waals surface area contributed by atoms with Crippen LogP contribution in [0.25, 0.3) is 0 Å². The molecule has 0 radical (unpaired) electrons. The molecule has 1 amide bonds. The molecule has 0 aliphatic rings. The van der Waals surface area contributed by atoms with Crippen molar-refractivity contribution in [2.24, 2.45) is 0 Å². The van der Waals surface area contributed by atoms with Gasteiger partial charge in [0.1, 0.15) is 5.75 Å². The Morgan fingerprint density at radius 3 is 2.44 bits per heavy atom. The standard InChI is InChI=1S/C20H23NO4/c1-25-18-10-5-9-17(13-18)14-19(22)21(12-6-11-20(23)24)15-16-7-3-2-4-8-16/h2-5,7-10,13H,6,11-12,14-15H2,1H3,(H,23,24). The first kappa shape index (κ1) is 18.5. The SMILES string of the molecule is COc1cccc(CC(=O)N(CCCC(=O)O)Cc2ccccc2)c1. The fourth-order valence-electron chi connectivity index (χ4n) is 2.59. The van der Waals surface area contributed by atoms with Crippen molar-refractivity contribution in [3.8, 4) is 5.75 Å². The topological polar surface area (TPSA) is 66.8 Å². The normalized spacial score (nSPS) is 10.3. The third-order valence-corrected chi connectivity index (χ3v) is 3.88. The third-order valence-electron chi connectivity index (χ3n) is 3.88. The summed E-state index contributed by atoms with van der Waals surface area (Å²) < 4.78 is 5.19. The van der Waals surface area contributed by atoms with Crippen molar-refractivity contribution in [3.63, 3.8) is 0 Å². The van der Waals surface area contributed by atoms with Crippen LogP contribution in [-0.2, 0) is 22.6 Å². The van der Waals surface area contributed by atoms with E-state index in [-0.39, 0.29) is 18.7 Å². The summed E-state index contributed by atoms with van der Waals surface area (Å²) in [6.45, 7) is 0.896. The van der Waals surface area contributed by atoms with E-state index in [9.17, 15) is 9.59 Å². The van der Waals surface area contributed by atoms with Crippen LogP contribution in [0.1, 0.15) is 24.0 Å². The van der Waals surface area contributed by atoms with E-state index in [0.29, 0.717) is 25.3 Å². The summed E-state index contributed by atoms with van der Waals surface area (Å²) >= 11 is 0. The number of rotatable bonds is 9. The van der Waals surface area contributed by atoms with E-state index in [4.69, 9.17) is 9.84 Å². The molecule has 0 saturated heterocycles. The number of carbonyl (C=O) groups excluding carboxylic acids is 1. The van der Waals surface area contributed by atoms with Gasteiger partial charge in [0, 0.05) is 19.5 Å². The van der Waals surface area contributed by atoms with E-state index in [1.165, 1.54) is 0 Å². The molecule has 0 aliphatic carbocycles. The smallest absolute Gasteiger partial charge is 0.303 e. The van der Waals surface area contributed by atoms with Crippen molar-refractivity contribution >= 4 is 11.9 Å². The van der Waals surface area contributed by atoms with Crippen LogP contribution in [0.15, 0.2) is 54.6 Å². The van der Waals surface area contributed by atoms with Crippen LogP contribution in [0.4, 0.5) is 0 Å². The lowest BCUT2D eigenvalue weighted by Gasteiger charge is -2.23. The van der Waals surface area contributed by atoms with Gasteiger partial charge in [-0.15, -0.1) is 0 Å². The Kier molecular flexibility index (Phi) is 7.01. The molecule has 0 saturated carbocycles. The molecular weight excluding hydrogens is 318 g/mol. The molecule has 1 N–H and O–H groups in total. The van der Waals surface area contributed by atoms with Gasteiger partial charge in [0.25, 0.3) is 0 Å². The largest absolute Gasteiger partial charge is 0.497 e. The number of amides is 1. The fraction of sp³-hybridized carbons (Fsp3) is 0.300. The molecule has 0 aliphatic heterocycles. The number of ether oxygens (including phenoxy) is 1. The zero-order chi connectivity index (χ0) is 18.1. The highest BCUT2D eigenvalue weighted by Crippen LogP contribution is 2.15. The lowest BCUT2D eigenvalue weighted by molar-refractivity contribution is -0.138. The van der Waals surface area contributed by atoms with Gasteiger partial charge in [-0.25, -0.2) is 0 Å². The van der Waals surface area contributed by atoms with E-state index in [1.54, 1.807) is 12.0 Å². The van der Waals surface area contributed by atoms with Crippen LogP contribution in [0.3, 0.4) is 0 Å². The number of carboxylic acids is 1. The monoisotopic (exact) mass is 341 g/mol. The zero-order valence-electron chi connectivity index (χ0n) is 14.4. The quantitative estimate of drug-likeness (QED) is 0.761. The third kappa shape index (κ3) is 6.30. The van der Waals surface area contributed by atoms with E-state index in [2.05, 4.69) is 0 Å². The molecule has 0 heterocycles. The molecule has 5 heteroatoms. The Balaban J connectivity index is 2.06. The molecule has 25 heavy (non-hydrogen) atoms. The summed E-state index contributed by atoms with van der Waals surface area (Å²) in [5.74, 6) is -0.159. The number of carboxylic acid groups (broad SMARTS) is 1. The Morgan fingerprint density at radius 1 is 1.04 bits per heavy atom. The number of hydrogen-bond acceptors (Lipinski definition) is 3. The maximum atomic E-state index is 12.7. The maximum absolute atomic E-state index is 12.7. The summed E-state index contributed by atoms with van der Waals surface area (Å²) in [6, 6.07) is 17.1. The van der Waals surface area contributed by atoms with E-state index in [0.717, 1.165) is 11.1 Å². The first-order chi connectivity index (χ1) is 12.1. The van der Waals surface area contributed by atoms with Crippen LogP contribution in [-0.4, -0.2) is 35.5 Å². The number of methoxy groups -OCH3 is 1. The lowest BCUT2D eigenvalue weighted by atomic mass is 10.1. The molecule has 2 aromatic carbocycles. The predicted molar refractivity (Wildman–Crippen MR) is 95.4 cm³/mol. The molecule has 0 aromatic heterocycles. The van der Waals surface area contributed by atoms with Crippen molar-refractivity contribution < 1.29 is 19.4 Å². The minimum atomic E-state index is -0.847. The van der Waals surface area contributed by atoms with Crippen molar-refractivity contribution in [3.05, 3.63) is 65.7 Å². The minimum Gasteiger partial charge on any atom is -0.497 e. The zero-order valence-corrected chi connectivity index (χ0v) is 14.4. The number of carbonyl (C=O) groups is 2. The van der Waals surface area contributed by atoms with E-state index in [1.807, 2.05) is 54.6 Å². The molecule has 2 aromatic rings. The number of nitrogens with zero attached hydrogens (tertiary/aromatic N) is 1. The van der Waals surface area contributed by atoms with Crippen molar-refractivity contribution in [1.29, 1.82) is 0 Å². The summed E-state index contributed by atoms with van der Waals surface area (Å²) in [7, 11) is 1.59. The molecular formula is C20H23NO4. The Morgan fingerprint density at radius 2 is 1.76 bits per heavy atom. The van der Waals surface area contributed by atoms with Gasteiger partial charge in [0.05, 0.1) is 13.5 Å². The fourth-order valence-corrected chi connectivity index (χ4v) is 2.59. The summed E-state index contributed by atoms with van der Waals surface area (Å²) in [5.41, 5.74) is 1.90. The predicted octanol–water partition coefficient (Wildman–Crippen LogP) is 3.13. The first-order valence-corrected chi connectivity index (χ1v) is 8.25. The minimum absolute atomic E-state index is 0.0255. The van der Waals surface area contributed by atoms with Gasteiger partial charge in [-0.3, -0.25) is 9.59 Å². The van der Waals surface area contributed by atoms with Crippen molar-refractivity contribution in [2.75, 3.05) is 13.7 Å². The van der Waals surface area contributed by atoms with Gasteiger partial charge < -0.3 is 14.7 Å². The molecule has 2 rings (SSSR count). The highest BCUT2D eigenvalue weighted by Gasteiger charge is 2.15. The number of benzene rings is 2. The van der Waals surface area contributed by atoms with E-state index >= 15 is 0 Å². The Hall–Kier alpha value is -2.82. The van der Waals surface area contributed by atoms with Crippen LogP contribution in [0.2, 0.25) is 0 Å². The van der Waals surface area contributed by atoms with Gasteiger partial charge in [0.15, 0.2) is 0 Å². The molecule has 0 unspecified atom stereocenters. The van der Waals surface area contributed by atoms with Gasteiger partial charge in [0.2, 0.25) is 5.91 Å². The van der Waals surface area contributed by atoms with Crippen molar-refractivity contribution in [1.82, 2.24) is 4.90 Å². The molecule has 0 spiro atoms. The van der Waals surface area contributed by atoms with Crippen molar-refractivity contribution in [2.45, 2.75) is 25.8 Å². The van der Waals surface area contributed by atoms with Crippen LogP contribution < -0.4 is 4.74 Å². The van der Waals surface area contributed by atoms with E-state index < -0.39 is 5.97 Å². The second-order valence-corrected chi connectivity index (χ2v) is 5.83. The molecule has 0 bridgehead atoms. The first-order valence-electron chi connectivity index (χ1n) is 8.25. The van der Waals surface area contributed by atoms with Crippen LogP contribution in [0, 0.1) is 0 Å². The lowest BCUT2D eigenvalue weighted by Crippen LogP contribution is -2.33. The summed E-state index contributed by atoms with van der Waals surface area (Å²) in [6.07, 6.45) is 0.751. The molecule has 0 atom stereocenters. The second-order valence-electron chi connectivity index (χ2n) is 5.83. The van der Waals surface area contributed by atoms with Gasteiger partial charge in [-0.2, -0.15) is 0 Å². The van der Waals surface area contributed by atoms with Crippen LogP contribution >= 0.6 is 0 Å². The Labute approximate surface area is 147 Å². The molecule has 5 nitrogen and oxygen atoms in total. The maximum Gasteiger partial charge on any atom is 0.303 e.